The van der Waals surface area contributed by atoms with Gasteiger partial charge in [0.1, 0.15) is 5.60 Å². The van der Waals surface area contributed by atoms with Crippen molar-refractivity contribution in [2.24, 2.45) is 0 Å². The number of esters is 1. The van der Waals surface area contributed by atoms with Crippen molar-refractivity contribution in [1.29, 1.82) is 0 Å². The number of hydrogen-bond acceptors (Lipinski definition) is 3. The Bertz CT molecular complexity index is 293. The number of ketones is 1. The van der Waals surface area contributed by atoms with Gasteiger partial charge >= 0.3 is 5.97 Å². The van der Waals surface area contributed by atoms with Gasteiger partial charge in [-0.25, -0.2) is 0 Å². The molecule has 0 bridgehead atoms. The van der Waals surface area contributed by atoms with E-state index in [1.807, 2.05) is 20.8 Å². The van der Waals surface area contributed by atoms with Crippen LogP contribution in [0.4, 0.5) is 0 Å². The first-order valence-electron chi connectivity index (χ1n) is 5.71. The second-order valence-corrected chi connectivity index (χ2v) is 6.64. The predicted molar refractivity (Wildman–Crippen MR) is 65.6 cm³/mol. The highest BCUT2D eigenvalue weighted by Gasteiger charge is 2.45. The van der Waals surface area contributed by atoms with Crippen LogP contribution in [0.3, 0.4) is 0 Å². The molecule has 1 aliphatic rings. The van der Waals surface area contributed by atoms with Crippen molar-refractivity contribution in [3.8, 4) is 0 Å². The van der Waals surface area contributed by atoms with Crippen molar-refractivity contribution >= 4 is 27.7 Å². The molecule has 16 heavy (non-hydrogen) atoms. The third-order valence-corrected chi connectivity index (χ3v) is 3.75. The van der Waals surface area contributed by atoms with E-state index >= 15 is 0 Å². The summed E-state index contributed by atoms with van der Waals surface area (Å²) >= 11 is 3.31. The minimum absolute atomic E-state index is 0.0424. The average Bonchev–Trinajstić information content (AvgIpc) is 2.28. The van der Waals surface area contributed by atoms with Gasteiger partial charge in [-0.15, -0.1) is 0 Å². The summed E-state index contributed by atoms with van der Waals surface area (Å²) in [6.45, 7) is 5.42. The number of carbonyl (C=O) groups is 2. The van der Waals surface area contributed by atoms with Crippen LogP contribution in [0.15, 0.2) is 0 Å². The Kier molecular flexibility index (Phi) is 4.16. The van der Waals surface area contributed by atoms with Crippen molar-refractivity contribution in [2.45, 2.75) is 62.8 Å². The molecule has 1 saturated carbocycles. The lowest BCUT2D eigenvalue weighted by atomic mass is 9.98. The lowest BCUT2D eigenvalue weighted by Gasteiger charge is -2.27. The second-order valence-electron chi connectivity index (χ2n) is 5.29. The zero-order chi connectivity index (χ0) is 12.4. The number of halogens is 1. The highest BCUT2D eigenvalue weighted by atomic mass is 79.9. The van der Waals surface area contributed by atoms with Crippen molar-refractivity contribution < 1.29 is 14.3 Å². The van der Waals surface area contributed by atoms with Gasteiger partial charge in [0, 0.05) is 6.42 Å². The molecular formula is C12H19BrO3. The normalized spacial score (nSPS) is 27.4. The molecule has 0 amide bonds. The van der Waals surface area contributed by atoms with E-state index in [0.717, 1.165) is 19.3 Å². The fourth-order valence-electron chi connectivity index (χ4n) is 1.74. The van der Waals surface area contributed by atoms with Gasteiger partial charge in [0.15, 0.2) is 10.1 Å². The van der Waals surface area contributed by atoms with Crippen LogP contribution in [0.25, 0.3) is 0 Å². The van der Waals surface area contributed by atoms with Crippen LogP contribution in [0.5, 0.6) is 0 Å². The molecule has 0 aromatic heterocycles. The quantitative estimate of drug-likeness (QED) is 0.323. The Labute approximate surface area is 105 Å². The number of hydrogen-bond donors (Lipinski definition) is 0. The molecule has 1 aliphatic carbocycles. The van der Waals surface area contributed by atoms with Crippen LogP contribution in [0.1, 0.15) is 52.9 Å². The molecule has 0 saturated heterocycles. The van der Waals surface area contributed by atoms with E-state index < -0.39 is 15.9 Å². The molecule has 1 fully saturated rings. The van der Waals surface area contributed by atoms with E-state index in [-0.39, 0.29) is 5.78 Å². The molecule has 1 rings (SSSR count). The summed E-state index contributed by atoms with van der Waals surface area (Å²) in [7, 11) is 0. The van der Waals surface area contributed by atoms with E-state index in [1.54, 1.807) is 0 Å². The van der Waals surface area contributed by atoms with E-state index in [4.69, 9.17) is 4.74 Å². The number of carbonyl (C=O) groups excluding carboxylic acids is 2. The molecule has 1 atom stereocenters. The summed E-state index contributed by atoms with van der Waals surface area (Å²) < 4.78 is 4.20. The first-order valence-corrected chi connectivity index (χ1v) is 6.51. The maximum atomic E-state index is 12.0. The van der Waals surface area contributed by atoms with E-state index in [1.165, 1.54) is 0 Å². The van der Waals surface area contributed by atoms with Crippen LogP contribution in [-0.4, -0.2) is 21.7 Å². The Hall–Kier alpha value is -0.380. The third kappa shape index (κ3) is 3.30. The summed E-state index contributed by atoms with van der Waals surface area (Å²) in [6, 6.07) is 0. The largest absolute Gasteiger partial charge is 0.459 e. The molecule has 4 heteroatoms. The highest BCUT2D eigenvalue weighted by Crippen LogP contribution is 2.34. The standard InChI is InChI=1S/C12H19BrO3/c1-11(2,3)16-10(15)12(13)8-6-4-5-7-9(12)14/h4-8H2,1-3H3. The molecule has 0 heterocycles. The fraction of sp³-hybridized carbons (Fsp3) is 0.833. The van der Waals surface area contributed by atoms with Crippen LogP contribution in [-0.2, 0) is 14.3 Å². The summed E-state index contributed by atoms with van der Waals surface area (Å²) in [5.74, 6) is -0.480. The van der Waals surface area contributed by atoms with Crippen molar-refractivity contribution in [2.75, 3.05) is 0 Å². The number of Topliss-reactive ketones (excluding diaryl/α,β-unsaturated/α-hetero) is 1. The maximum absolute atomic E-state index is 12.0. The van der Waals surface area contributed by atoms with Crippen molar-refractivity contribution in [1.82, 2.24) is 0 Å². The van der Waals surface area contributed by atoms with Gasteiger partial charge in [0.25, 0.3) is 0 Å². The predicted octanol–water partition coefficient (Wildman–Crippen LogP) is 3.00. The lowest BCUT2D eigenvalue weighted by Crippen LogP contribution is -2.44. The van der Waals surface area contributed by atoms with Crippen molar-refractivity contribution in [3.05, 3.63) is 0 Å². The maximum Gasteiger partial charge on any atom is 0.331 e. The van der Waals surface area contributed by atoms with Gasteiger partial charge in [-0.1, -0.05) is 28.8 Å². The van der Waals surface area contributed by atoms with Crippen LogP contribution in [0, 0.1) is 0 Å². The molecule has 92 valence electrons. The smallest absolute Gasteiger partial charge is 0.331 e. The summed E-state index contributed by atoms with van der Waals surface area (Å²) in [5, 5.41) is 0. The summed E-state index contributed by atoms with van der Waals surface area (Å²) in [6.07, 6.45) is 3.76. The zero-order valence-corrected chi connectivity index (χ0v) is 11.7. The monoisotopic (exact) mass is 290 g/mol. The minimum Gasteiger partial charge on any atom is -0.459 e. The molecule has 0 spiro atoms. The van der Waals surface area contributed by atoms with E-state index in [0.29, 0.717) is 12.8 Å². The van der Waals surface area contributed by atoms with Gasteiger partial charge in [-0.3, -0.25) is 9.59 Å². The van der Waals surface area contributed by atoms with E-state index in [2.05, 4.69) is 15.9 Å². The fourth-order valence-corrected chi connectivity index (χ4v) is 2.30. The second kappa shape index (κ2) is 4.86. The molecular weight excluding hydrogens is 272 g/mol. The van der Waals surface area contributed by atoms with Gasteiger partial charge in [0.05, 0.1) is 0 Å². The van der Waals surface area contributed by atoms with E-state index in [9.17, 15) is 9.59 Å². The SMILES string of the molecule is CC(C)(C)OC(=O)C1(Br)CCCCCC1=O. The van der Waals surface area contributed by atoms with Gasteiger partial charge in [-0.2, -0.15) is 0 Å². The molecule has 0 radical (unpaired) electrons. The first kappa shape index (κ1) is 13.7. The minimum atomic E-state index is -1.10. The molecule has 3 nitrogen and oxygen atoms in total. The molecule has 1 unspecified atom stereocenters. The Morgan fingerprint density at radius 2 is 1.94 bits per heavy atom. The zero-order valence-electron chi connectivity index (χ0n) is 10.1. The molecule has 0 aromatic carbocycles. The molecule has 0 N–H and O–H groups in total. The summed E-state index contributed by atoms with van der Waals surface area (Å²) in [4.78, 5) is 23.9. The molecule has 0 aliphatic heterocycles. The van der Waals surface area contributed by atoms with Gasteiger partial charge < -0.3 is 4.74 Å². The van der Waals surface area contributed by atoms with Crippen LogP contribution >= 0.6 is 15.9 Å². The van der Waals surface area contributed by atoms with Gasteiger partial charge in [-0.05, 0) is 33.6 Å². The molecule has 0 aromatic rings. The summed E-state index contributed by atoms with van der Waals surface area (Å²) in [5.41, 5.74) is -0.551. The Morgan fingerprint density at radius 3 is 2.50 bits per heavy atom. The van der Waals surface area contributed by atoms with Gasteiger partial charge in [0.2, 0.25) is 0 Å². The number of alkyl halides is 1. The van der Waals surface area contributed by atoms with Crippen LogP contribution < -0.4 is 0 Å². The Balaban J connectivity index is 2.81. The van der Waals surface area contributed by atoms with Crippen molar-refractivity contribution in [3.63, 3.8) is 0 Å². The topological polar surface area (TPSA) is 43.4 Å². The highest BCUT2D eigenvalue weighted by molar-refractivity contribution is 9.10. The Morgan fingerprint density at radius 1 is 1.31 bits per heavy atom. The number of ether oxygens (including phenoxy) is 1. The third-order valence-electron chi connectivity index (χ3n) is 2.59. The average molecular weight is 291 g/mol. The lowest BCUT2D eigenvalue weighted by molar-refractivity contribution is -0.159. The first-order chi connectivity index (χ1) is 7.26. The van der Waals surface area contributed by atoms with Crippen LogP contribution in [0.2, 0.25) is 0 Å². The number of rotatable bonds is 1.